The normalized spacial score (nSPS) is 40.0. The van der Waals surface area contributed by atoms with Crippen molar-refractivity contribution in [2.24, 2.45) is 45.1 Å². The van der Waals surface area contributed by atoms with E-state index in [9.17, 15) is 9.70 Å². The number of amides is 1. The first kappa shape index (κ1) is 21.3. The Balaban J connectivity index is 1.47. The Hall–Kier alpha value is -2.54. The van der Waals surface area contributed by atoms with Gasteiger partial charge in [0.05, 0.1) is 0 Å². The fourth-order valence-electron chi connectivity index (χ4n) is 7.55. The Kier molecular flexibility index (Phi) is 5.40. The highest BCUT2D eigenvalue weighted by molar-refractivity contribution is 5.97. The predicted molar refractivity (Wildman–Crippen MR) is 122 cm³/mol. The van der Waals surface area contributed by atoms with Crippen molar-refractivity contribution >= 4 is 5.91 Å². The molecule has 0 spiro atoms. The number of fused-ring (bicyclic) bond motifs is 5. The fraction of sp³-hybridized carbons (Fsp3) is 0.625. The highest BCUT2D eigenvalue weighted by Crippen LogP contribution is 2.64. The number of nitrogens with two attached hydrogens (primary N) is 1. The second kappa shape index (κ2) is 8.10. The number of nitroso groups, excluding NO2 is 1. The summed E-state index contributed by atoms with van der Waals surface area (Å²) in [5, 5.41) is 10.2. The summed E-state index contributed by atoms with van der Waals surface area (Å²) >= 11 is 0. The SMILES string of the molecule is [N-]=[N+]=NC[C@]12CCC3C4C=CC(C(=O)N=O)=CC4CC[C@@]3(N)C1CC=C2C1=CCCNC1. The van der Waals surface area contributed by atoms with E-state index in [1.807, 2.05) is 6.08 Å². The van der Waals surface area contributed by atoms with Gasteiger partial charge in [0.2, 0.25) is 0 Å². The number of carbonyl (C=O) groups excluding carboxylic acids is 1. The number of hydrogen-bond donors (Lipinski definition) is 2. The molecule has 5 rings (SSSR count). The maximum Gasteiger partial charge on any atom is 0.316 e. The molecule has 5 aliphatic rings. The lowest BCUT2D eigenvalue weighted by Crippen LogP contribution is -2.65. The molecule has 2 saturated carbocycles. The van der Waals surface area contributed by atoms with Crippen LogP contribution in [0.15, 0.2) is 57.4 Å². The highest BCUT2D eigenvalue weighted by Gasteiger charge is 2.62. The largest absolute Gasteiger partial charge is 0.325 e. The van der Waals surface area contributed by atoms with E-state index in [0.29, 0.717) is 18.0 Å². The first-order chi connectivity index (χ1) is 15.5. The smallest absolute Gasteiger partial charge is 0.316 e. The zero-order valence-corrected chi connectivity index (χ0v) is 18.2. The number of carbonyl (C=O) groups is 1. The van der Waals surface area contributed by atoms with Crippen LogP contribution < -0.4 is 11.1 Å². The molecule has 0 saturated heterocycles. The van der Waals surface area contributed by atoms with Gasteiger partial charge in [-0.15, -0.1) is 4.91 Å². The van der Waals surface area contributed by atoms with E-state index >= 15 is 0 Å². The molecule has 1 heterocycles. The van der Waals surface area contributed by atoms with Gasteiger partial charge >= 0.3 is 5.91 Å². The first-order valence-electron chi connectivity index (χ1n) is 11.7. The van der Waals surface area contributed by atoms with Gasteiger partial charge in [0.25, 0.3) is 0 Å². The van der Waals surface area contributed by atoms with Crippen molar-refractivity contribution in [3.8, 4) is 0 Å². The van der Waals surface area contributed by atoms with Crippen LogP contribution in [0.4, 0.5) is 0 Å². The Morgan fingerprint density at radius 1 is 1.31 bits per heavy atom. The van der Waals surface area contributed by atoms with Crippen LogP contribution in [-0.2, 0) is 4.79 Å². The second-order valence-electron chi connectivity index (χ2n) is 10.1. The van der Waals surface area contributed by atoms with E-state index in [4.69, 9.17) is 11.3 Å². The average molecular weight is 435 g/mol. The van der Waals surface area contributed by atoms with E-state index in [2.05, 4.69) is 38.7 Å². The molecule has 1 aliphatic heterocycles. The molecule has 0 aromatic rings. The number of azide groups is 1. The summed E-state index contributed by atoms with van der Waals surface area (Å²) in [5.74, 6) is 0.306. The van der Waals surface area contributed by atoms with Gasteiger partial charge in [-0.1, -0.05) is 35.5 Å². The van der Waals surface area contributed by atoms with Crippen molar-refractivity contribution in [3.63, 3.8) is 0 Å². The highest BCUT2D eigenvalue weighted by atomic mass is 16.3. The van der Waals surface area contributed by atoms with E-state index in [1.54, 1.807) is 6.08 Å². The van der Waals surface area contributed by atoms with Crippen LogP contribution in [-0.4, -0.2) is 31.1 Å². The molecule has 3 N–H and O–H groups in total. The molecule has 1 amide bonds. The minimum Gasteiger partial charge on any atom is -0.325 e. The summed E-state index contributed by atoms with van der Waals surface area (Å²) in [5.41, 5.74) is 19.0. The maximum atomic E-state index is 11.8. The van der Waals surface area contributed by atoms with Gasteiger partial charge in [0, 0.05) is 39.7 Å². The molecule has 8 nitrogen and oxygen atoms in total. The van der Waals surface area contributed by atoms with Crippen molar-refractivity contribution in [3.05, 3.63) is 62.4 Å². The molecule has 32 heavy (non-hydrogen) atoms. The molecule has 0 aromatic heterocycles. The van der Waals surface area contributed by atoms with Crippen LogP contribution in [0, 0.1) is 34.0 Å². The average Bonchev–Trinajstić information content (AvgIpc) is 3.23. The van der Waals surface area contributed by atoms with E-state index < -0.39 is 5.91 Å². The molecule has 8 heteroatoms. The van der Waals surface area contributed by atoms with E-state index in [-0.39, 0.29) is 28.7 Å². The summed E-state index contributed by atoms with van der Waals surface area (Å²) in [6, 6.07) is 0. The number of nitrogens with zero attached hydrogens (tertiary/aromatic N) is 4. The molecule has 4 aliphatic carbocycles. The molecule has 168 valence electrons. The predicted octanol–water partition coefficient (Wildman–Crippen LogP) is 4.07. The second-order valence-corrected chi connectivity index (χ2v) is 10.1. The van der Waals surface area contributed by atoms with Crippen molar-refractivity contribution < 1.29 is 4.79 Å². The Morgan fingerprint density at radius 2 is 2.19 bits per heavy atom. The van der Waals surface area contributed by atoms with Crippen LogP contribution in [0.5, 0.6) is 0 Å². The molecular weight excluding hydrogens is 404 g/mol. The lowest BCUT2D eigenvalue weighted by molar-refractivity contribution is -0.114. The lowest BCUT2D eigenvalue weighted by Gasteiger charge is -2.60. The Bertz CT molecular complexity index is 1010. The first-order valence-corrected chi connectivity index (χ1v) is 11.7. The molecule has 0 bridgehead atoms. The summed E-state index contributed by atoms with van der Waals surface area (Å²) in [4.78, 5) is 25.6. The van der Waals surface area contributed by atoms with Crippen LogP contribution in [0.2, 0.25) is 0 Å². The van der Waals surface area contributed by atoms with Gasteiger partial charge in [-0.2, -0.15) is 0 Å². The van der Waals surface area contributed by atoms with Crippen molar-refractivity contribution in [1.82, 2.24) is 5.32 Å². The van der Waals surface area contributed by atoms with Gasteiger partial charge in [-0.25, -0.2) is 0 Å². The molecular formula is C24H30N6O2. The zero-order chi connectivity index (χ0) is 22.3. The number of rotatable bonds is 4. The fourth-order valence-corrected chi connectivity index (χ4v) is 7.55. The topological polar surface area (TPSA) is 133 Å². The Morgan fingerprint density at radius 3 is 2.94 bits per heavy atom. The number of nitrogens with one attached hydrogen (secondary N) is 1. The van der Waals surface area contributed by atoms with Gasteiger partial charge in [-0.05, 0) is 85.4 Å². The number of hydrogen-bond acceptors (Lipinski definition) is 5. The quantitative estimate of drug-likeness (QED) is 0.298. The zero-order valence-electron chi connectivity index (χ0n) is 18.2. The van der Waals surface area contributed by atoms with Gasteiger partial charge in [-0.3, -0.25) is 4.79 Å². The summed E-state index contributed by atoms with van der Waals surface area (Å²) in [6.45, 7) is 2.31. The van der Waals surface area contributed by atoms with Gasteiger partial charge < -0.3 is 11.1 Å². The maximum absolute atomic E-state index is 11.8. The third-order valence-electron chi connectivity index (χ3n) is 8.88. The Labute approximate surface area is 187 Å². The monoisotopic (exact) mass is 434 g/mol. The van der Waals surface area contributed by atoms with Crippen LogP contribution in [0.3, 0.4) is 0 Å². The van der Waals surface area contributed by atoms with Gasteiger partial charge in [0.1, 0.15) is 0 Å². The summed E-state index contributed by atoms with van der Waals surface area (Å²) in [7, 11) is 0. The molecule has 2 fully saturated rings. The molecule has 6 atom stereocenters. The summed E-state index contributed by atoms with van der Waals surface area (Å²) in [6.07, 6.45) is 16.1. The number of allylic oxidation sites excluding steroid dienone is 3. The van der Waals surface area contributed by atoms with Crippen LogP contribution in [0.25, 0.3) is 10.4 Å². The lowest BCUT2D eigenvalue weighted by atomic mass is 9.46. The molecule has 4 unspecified atom stereocenters. The van der Waals surface area contributed by atoms with Crippen LogP contribution >= 0.6 is 0 Å². The van der Waals surface area contributed by atoms with Crippen molar-refractivity contribution in [2.45, 2.75) is 44.1 Å². The molecule has 0 aromatic carbocycles. The third-order valence-corrected chi connectivity index (χ3v) is 8.88. The summed E-state index contributed by atoms with van der Waals surface area (Å²) < 4.78 is 0. The van der Waals surface area contributed by atoms with Crippen LogP contribution in [0.1, 0.15) is 38.5 Å². The van der Waals surface area contributed by atoms with Crippen molar-refractivity contribution in [1.29, 1.82) is 0 Å². The van der Waals surface area contributed by atoms with E-state index in [1.165, 1.54) is 11.1 Å². The third kappa shape index (κ3) is 3.12. The van der Waals surface area contributed by atoms with Gasteiger partial charge in [0.15, 0.2) is 0 Å². The minimum atomic E-state index is -0.694. The molecule has 0 radical (unpaired) electrons. The standard InChI is InChI=1S/C24H30N6O2/c25-24-10-7-15-12-16(22(31)29-32)3-4-18(15)20(24)8-9-23(14-28-30-26)19(5-6-21(23)24)17-2-1-11-27-13-17/h2-5,12,15,18,20-21,27H,1,6-11,13-14,25H2/t15?,18?,20?,21?,23-,24-/m0/s1. The van der Waals surface area contributed by atoms with E-state index in [0.717, 1.165) is 51.6 Å². The van der Waals surface area contributed by atoms with Crippen molar-refractivity contribution in [2.75, 3.05) is 19.6 Å². The minimum absolute atomic E-state index is 0.202.